The molecule has 12 nitrogen and oxygen atoms in total. The Morgan fingerprint density at radius 1 is 0.769 bits per heavy atom. The molecule has 2 aromatic rings. The van der Waals surface area contributed by atoms with Crippen molar-refractivity contribution in [3.8, 4) is 11.5 Å². The van der Waals surface area contributed by atoms with Crippen LogP contribution in [0, 0.1) is 11.3 Å². The molecule has 1 unspecified atom stereocenters. The summed E-state index contributed by atoms with van der Waals surface area (Å²) in [5.41, 5.74) is 1.03. The first-order valence-electron chi connectivity index (χ1n) is 12.5. The molecular weight excluding hydrogens is 504 g/mol. The number of carbonyl (C=O) groups excluding carboxylic acids is 4. The molecule has 2 aromatic carbocycles. The van der Waals surface area contributed by atoms with Gasteiger partial charge in [-0.25, -0.2) is 9.59 Å². The molecule has 6 amide bonds. The van der Waals surface area contributed by atoms with Crippen molar-refractivity contribution in [2.45, 2.75) is 47.5 Å². The van der Waals surface area contributed by atoms with Gasteiger partial charge in [-0.05, 0) is 60.6 Å². The number of hydrogen-bond donors (Lipinski definition) is 8. The fourth-order valence-corrected chi connectivity index (χ4v) is 4.03. The van der Waals surface area contributed by atoms with E-state index in [0.717, 1.165) is 12.8 Å². The number of carbonyl (C=O) groups is 4. The first-order chi connectivity index (χ1) is 18.2. The Kier molecular flexibility index (Phi) is 10.9. The number of anilines is 4. The molecule has 0 aliphatic carbocycles. The summed E-state index contributed by atoms with van der Waals surface area (Å²) in [6, 6.07) is 7.93. The second-order valence-corrected chi connectivity index (χ2v) is 10.3. The number of nitrogens with one attached hydrogen (secondary N) is 6. The first-order valence-corrected chi connectivity index (χ1v) is 12.5. The molecule has 0 saturated carbocycles. The largest absolute Gasteiger partial charge is 0.506 e. The number of urea groups is 2. The van der Waals surface area contributed by atoms with Gasteiger partial charge in [0.05, 0.1) is 11.4 Å². The van der Waals surface area contributed by atoms with Crippen molar-refractivity contribution in [3.63, 3.8) is 0 Å². The summed E-state index contributed by atoms with van der Waals surface area (Å²) in [7, 11) is 0. The van der Waals surface area contributed by atoms with E-state index in [1.54, 1.807) is 0 Å². The number of amides is 6. The van der Waals surface area contributed by atoms with Gasteiger partial charge in [-0.3, -0.25) is 9.59 Å². The Hall–Kier alpha value is -4.48. The number of aromatic hydroxyl groups is 2. The molecule has 12 heteroatoms. The molecule has 1 atom stereocenters. The van der Waals surface area contributed by atoms with Crippen LogP contribution < -0.4 is 31.9 Å². The lowest BCUT2D eigenvalue weighted by atomic mass is 9.82. The van der Waals surface area contributed by atoms with Crippen LogP contribution in [-0.4, -0.2) is 47.2 Å². The third kappa shape index (κ3) is 11.2. The summed E-state index contributed by atoms with van der Waals surface area (Å²) in [5.74, 6) is -0.629. The molecule has 0 saturated heterocycles. The van der Waals surface area contributed by atoms with Crippen molar-refractivity contribution in [2.75, 3.05) is 34.4 Å². The number of rotatable bonds is 11. The van der Waals surface area contributed by atoms with Crippen LogP contribution in [0.4, 0.5) is 32.3 Å². The van der Waals surface area contributed by atoms with Crippen LogP contribution >= 0.6 is 0 Å². The maximum atomic E-state index is 12.4. The fraction of sp³-hybridized carbons (Fsp3) is 0.407. The van der Waals surface area contributed by atoms with Crippen molar-refractivity contribution in [3.05, 3.63) is 36.4 Å². The summed E-state index contributed by atoms with van der Waals surface area (Å²) in [6.45, 7) is 9.64. The normalized spacial score (nSPS) is 11.6. The van der Waals surface area contributed by atoms with Gasteiger partial charge in [0, 0.05) is 38.3 Å². The van der Waals surface area contributed by atoms with Crippen molar-refractivity contribution in [1.82, 2.24) is 10.6 Å². The zero-order valence-electron chi connectivity index (χ0n) is 22.9. The van der Waals surface area contributed by atoms with E-state index < -0.39 is 12.1 Å². The van der Waals surface area contributed by atoms with Crippen LogP contribution in [0.1, 0.15) is 47.5 Å². The maximum Gasteiger partial charge on any atom is 0.319 e. The third-order valence-electron chi connectivity index (χ3n) is 5.68. The molecular formula is C27H38N6O6. The predicted molar refractivity (Wildman–Crippen MR) is 151 cm³/mol. The topological polar surface area (TPSA) is 181 Å². The summed E-state index contributed by atoms with van der Waals surface area (Å²) >= 11 is 0. The lowest BCUT2D eigenvalue weighted by molar-refractivity contribution is -0.115. The molecule has 8 N–H and O–H groups in total. The number of phenolic OH excluding ortho intramolecular Hbond substituents is 2. The van der Waals surface area contributed by atoms with Crippen molar-refractivity contribution < 1.29 is 29.4 Å². The minimum atomic E-state index is -0.413. The molecule has 0 heterocycles. The van der Waals surface area contributed by atoms with Crippen LogP contribution in [0.5, 0.6) is 11.5 Å². The quantitative estimate of drug-likeness (QED) is 0.154. The Bertz CT molecular complexity index is 1200. The molecule has 0 radical (unpaired) electrons. The molecule has 39 heavy (non-hydrogen) atoms. The van der Waals surface area contributed by atoms with Crippen LogP contribution in [0.25, 0.3) is 0 Å². The van der Waals surface area contributed by atoms with Gasteiger partial charge in [0.15, 0.2) is 0 Å². The second-order valence-electron chi connectivity index (χ2n) is 10.3. The molecule has 0 aliphatic heterocycles. The average Bonchev–Trinajstić information content (AvgIpc) is 2.81. The van der Waals surface area contributed by atoms with E-state index >= 15 is 0 Å². The Morgan fingerprint density at radius 3 is 1.69 bits per heavy atom. The predicted octanol–water partition coefficient (Wildman–Crippen LogP) is 4.40. The molecule has 0 aliphatic rings. The van der Waals surface area contributed by atoms with E-state index in [1.165, 1.54) is 50.2 Å². The fourth-order valence-electron chi connectivity index (χ4n) is 4.03. The number of hydrogen-bond acceptors (Lipinski definition) is 6. The van der Waals surface area contributed by atoms with E-state index in [1.807, 2.05) is 13.8 Å². The maximum absolute atomic E-state index is 12.4. The van der Waals surface area contributed by atoms with Crippen molar-refractivity contribution in [2.24, 2.45) is 11.3 Å². The van der Waals surface area contributed by atoms with E-state index in [2.05, 4.69) is 38.8 Å². The van der Waals surface area contributed by atoms with E-state index in [9.17, 15) is 29.4 Å². The molecule has 2 rings (SSSR count). The van der Waals surface area contributed by atoms with Gasteiger partial charge < -0.3 is 42.1 Å². The highest BCUT2D eigenvalue weighted by molar-refractivity contribution is 5.95. The van der Waals surface area contributed by atoms with Gasteiger partial charge in [0.1, 0.15) is 11.5 Å². The van der Waals surface area contributed by atoms with Crippen LogP contribution in [0.15, 0.2) is 36.4 Å². The Labute approximate surface area is 227 Å². The smallest absolute Gasteiger partial charge is 0.319 e. The van der Waals surface area contributed by atoms with E-state index in [-0.39, 0.29) is 46.0 Å². The molecule has 212 valence electrons. The highest BCUT2D eigenvalue weighted by atomic mass is 16.3. The van der Waals surface area contributed by atoms with Crippen molar-refractivity contribution >= 4 is 46.6 Å². The van der Waals surface area contributed by atoms with Crippen LogP contribution in [0.2, 0.25) is 0 Å². The molecule has 0 spiro atoms. The van der Waals surface area contributed by atoms with Crippen LogP contribution in [-0.2, 0) is 9.59 Å². The Morgan fingerprint density at radius 2 is 1.23 bits per heavy atom. The van der Waals surface area contributed by atoms with Crippen LogP contribution in [0.3, 0.4) is 0 Å². The highest BCUT2D eigenvalue weighted by Crippen LogP contribution is 2.28. The average molecular weight is 543 g/mol. The third-order valence-corrected chi connectivity index (χ3v) is 5.68. The Balaban J connectivity index is 1.75. The van der Waals surface area contributed by atoms with Gasteiger partial charge in [0.25, 0.3) is 0 Å². The highest BCUT2D eigenvalue weighted by Gasteiger charge is 2.22. The zero-order chi connectivity index (χ0) is 29.2. The lowest BCUT2D eigenvalue weighted by Crippen LogP contribution is -2.38. The van der Waals surface area contributed by atoms with E-state index in [0.29, 0.717) is 24.5 Å². The zero-order valence-corrected chi connectivity index (χ0v) is 22.9. The summed E-state index contributed by atoms with van der Waals surface area (Å²) in [4.78, 5) is 47.1. The molecule has 0 aromatic heterocycles. The van der Waals surface area contributed by atoms with E-state index in [4.69, 9.17) is 0 Å². The first kappa shape index (κ1) is 30.7. The summed E-state index contributed by atoms with van der Waals surface area (Å²) in [6.07, 6.45) is 1.51. The lowest BCUT2D eigenvalue weighted by Gasteiger charge is -2.28. The van der Waals surface area contributed by atoms with Gasteiger partial charge in [-0.2, -0.15) is 0 Å². The number of phenols is 2. The minimum Gasteiger partial charge on any atom is -0.506 e. The summed E-state index contributed by atoms with van der Waals surface area (Å²) in [5, 5.41) is 35.6. The number of benzene rings is 2. The molecule has 0 fully saturated rings. The second kappa shape index (κ2) is 13.9. The van der Waals surface area contributed by atoms with Gasteiger partial charge in [0.2, 0.25) is 11.8 Å². The minimum absolute atomic E-state index is 0.101. The SMILES string of the molecule is CC(=O)Nc1cc(NC(=O)NCCC(C)CC(C)(C)CNC(=O)Nc2ccc(O)c(NC(C)=O)c2)ccc1O. The summed E-state index contributed by atoms with van der Waals surface area (Å²) < 4.78 is 0. The molecule has 0 bridgehead atoms. The van der Waals surface area contributed by atoms with Crippen molar-refractivity contribution in [1.29, 1.82) is 0 Å². The standard InChI is InChI=1S/C27H38N6O6/c1-16(10-11-28-25(38)32-19-6-8-23(36)21(12-19)30-17(2)34)14-27(4,5)15-29-26(39)33-20-7-9-24(37)22(13-20)31-18(3)35/h6-9,12-13,16,36-37H,10-11,14-15H2,1-5H3,(H,30,34)(H,31,35)(H2,28,32,38)(H2,29,33,39). The van der Waals surface area contributed by atoms with Gasteiger partial charge >= 0.3 is 12.1 Å². The van der Waals surface area contributed by atoms with Gasteiger partial charge in [-0.15, -0.1) is 0 Å². The van der Waals surface area contributed by atoms with Gasteiger partial charge in [-0.1, -0.05) is 20.8 Å². The monoisotopic (exact) mass is 542 g/mol.